The molecular weight excluding hydrogens is 288 g/mol. The average Bonchev–Trinajstić information content (AvgIpc) is 2.45. The standard InChI is InChI=1S/C15H23ClN4O/c1-5-17-15(18-10-14(21)20(3)4)19-11(2)12-6-8-13(16)9-7-12/h6-9,11H,5,10H2,1-4H3,(H2,17,18,19). The quantitative estimate of drug-likeness (QED) is 0.646. The van der Waals surface area contributed by atoms with Crippen LogP contribution in [0.4, 0.5) is 0 Å². The molecule has 5 nitrogen and oxygen atoms in total. The van der Waals surface area contributed by atoms with Crippen molar-refractivity contribution in [2.24, 2.45) is 4.99 Å². The van der Waals surface area contributed by atoms with Crippen LogP contribution in [0.25, 0.3) is 0 Å². The summed E-state index contributed by atoms with van der Waals surface area (Å²) in [6, 6.07) is 7.71. The summed E-state index contributed by atoms with van der Waals surface area (Å²) in [6.07, 6.45) is 0. The highest BCUT2D eigenvalue weighted by molar-refractivity contribution is 6.30. The number of benzene rings is 1. The van der Waals surface area contributed by atoms with Crippen molar-refractivity contribution in [2.45, 2.75) is 19.9 Å². The van der Waals surface area contributed by atoms with Gasteiger partial charge in [0.05, 0.1) is 6.04 Å². The molecule has 0 aliphatic rings. The summed E-state index contributed by atoms with van der Waals surface area (Å²) in [6.45, 7) is 4.87. The third-order valence-corrected chi connectivity index (χ3v) is 3.19. The Morgan fingerprint density at radius 2 is 1.95 bits per heavy atom. The van der Waals surface area contributed by atoms with Crippen LogP contribution in [-0.2, 0) is 4.79 Å². The molecule has 1 aromatic carbocycles. The van der Waals surface area contributed by atoms with Crippen molar-refractivity contribution in [1.82, 2.24) is 15.5 Å². The van der Waals surface area contributed by atoms with E-state index in [0.29, 0.717) is 11.0 Å². The number of carbonyl (C=O) groups excluding carboxylic acids is 1. The summed E-state index contributed by atoms with van der Waals surface area (Å²) in [5.74, 6) is 0.585. The molecule has 0 spiro atoms. The van der Waals surface area contributed by atoms with Crippen molar-refractivity contribution in [3.8, 4) is 0 Å². The predicted molar refractivity (Wildman–Crippen MR) is 87.7 cm³/mol. The van der Waals surface area contributed by atoms with Gasteiger partial charge in [0.2, 0.25) is 5.91 Å². The first-order valence-corrected chi connectivity index (χ1v) is 7.32. The van der Waals surface area contributed by atoms with Crippen molar-refractivity contribution >= 4 is 23.5 Å². The predicted octanol–water partition coefficient (Wildman–Crippen LogP) is 2.04. The fourth-order valence-electron chi connectivity index (χ4n) is 1.65. The van der Waals surface area contributed by atoms with Crippen LogP contribution >= 0.6 is 11.6 Å². The van der Waals surface area contributed by atoms with E-state index in [2.05, 4.69) is 15.6 Å². The summed E-state index contributed by atoms with van der Waals surface area (Å²) in [7, 11) is 3.43. The van der Waals surface area contributed by atoms with Crippen LogP contribution in [0, 0.1) is 0 Å². The SMILES string of the molecule is CCNC(=NCC(=O)N(C)C)NC(C)c1ccc(Cl)cc1. The third kappa shape index (κ3) is 6.04. The Morgan fingerprint density at radius 1 is 1.33 bits per heavy atom. The number of likely N-dealkylation sites (N-methyl/N-ethyl adjacent to an activating group) is 1. The highest BCUT2D eigenvalue weighted by Gasteiger charge is 2.09. The second kappa shape index (κ2) is 8.52. The summed E-state index contributed by atoms with van der Waals surface area (Å²) in [5, 5.41) is 7.12. The van der Waals surface area contributed by atoms with Gasteiger partial charge in [0.15, 0.2) is 5.96 Å². The average molecular weight is 311 g/mol. The zero-order valence-electron chi connectivity index (χ0n) is 13.0. The van der Waals surface area contributed by atoms with Gasteiger partial charge >= 0.3 is 0 Å². The van der Waals surface area contributed by atoms with Gasteiger partial charge in [-0.3, -0.25) is 4.79 Å². The van der Waals surface area contributed by atoms with Crippen LogP contribution in [0.15, 0.2) is 29.3 Å². The molecule has 1 aromatic rings. The molecule has 1 atom stereocenters. The maximum absolute atomic E-state index is 11.6. The molecule has 2 N–H and O–H groups in total. The second-order valence-electron chi connectivity index (χ2n) is 4.90. The van der Waals surface area contributed by atoms with Gasteiger partial charge in [0.1, 0.15) is 6.54 Å². The van der Waals surface area contributed by atoms with Crippen molar-refractivity contribution < 1.29 is 4.79 Å². The smallest absolute Gasteiger partial charge is 0.243 e. The molecule has 1 amide bonds. The van der Waals surface area contributed by atoms with Crippen molar-refractivity contribution in [3.63, 3.8) is 0 Å². The second-order valence-corrected chi connectivity index (χ2v) is 5.34. The van der Waals surface area contributed by atoms with E-state index in [1.807, 2.05) is 38.1 Å². The number of amides is 1. The van der Waals surface area contributed by atoms with Crippen LogP contribution in [0.3, 0.4) is 0 Å². The Morgan fingerprint density at radius 3 is 2.48 bits per heavy atom. The van der Waals surface area contributed by atoms with E-state index < -0.39 is 0 Å². The summed E-state index contributed by atoms with van der Waals surface area (Å²) < 4.78 is 0. The number of halogens is 1. The van der Waals surface area contributed by atoms with E-state index in [-0.39, 0.29) is 18.5 Å². The largest absolute Gasteiger partial charge is 0.357 e. The Hall–Kier alpha value is -1.75. The lowest BCUT2D eigenvalue weighted by Crippen LogP contribution is -2.39. The maximum Gasteiger partial charge on any atom is 0.243 e. The topological polar surface area (TPSA) is 56.7 Å². The zero-order valence-corrected chi connectivity index (χ0v) is 13.7. The molecule has 0 bridgehead atoms. The highest BCUT2D eigenvalue weighted by atomic mass is 35.5. The van der Waals surface area contributed by atoms with E-state index in [9.17, 15) is 4.79 Å². The van der Waals surface area contributed by atoms with Crippen molar-refractivity contribution in [1.29, 1.82) is 0 Å². The Bertz CT molecular complexity index is 485. The number of guanidine groups is 1. The van der Waals surface area contributed by atoms with Crippen LogP contribution < -0.4 is 10.6 Å². The van der Waals surface area contributed by atoms with Gasteiger partial charge in [-0.1, -0.05) is 23.7 Å². The van der Waals surface area contributed by atoms with E-state index in [4.69, 9.17) is 11.6 Å². The molecule has 0 heterocycles. The lowest BCUT2D eigenvalue weighted by atomic mass is 10.1. The van der Waals surface area contributed by atoms with Gasteiger partial charge < -0.3 is 15.5 Å². The van der Waals surface area contributed by atoms with Gasteiger partial charge in [0.25, 0.3) is 0 Å². The maximum atomic E-state index is 11.6. The molecule has 0 fully saturated rings. The third-order valence-electron chi connectivity index (χ3n) is 2.94. The minimum atomic E-state index is -0.0358. The number of carbonyl (C=O) groups is 1. The summed E-state index contributed by atoms with van der Waals surface area (Å²) in [5.41, 5.74) is 1.10. The number of aliphatic imine (C=N–C) groups is 1. The number of nitrogens with one attached hydrogen (secondary N) is 2. The minimum Gasteiger partial charge on any atom is -0.357 e. The van der Waals surface area contributed by atoms with Gasteiger partial charge in [0, 0.05) is 25.7 Å². The molecule has 1 rings (SSSR count). The zero-order chi connectivity index (χ0) is 15.8. The van der Waals surface area contributed by atoms with Gasteiger partial charge in [-0.2, -0.15) is 0 Å². The minimum absolute atomic E-state index is 0.0358. The van der Waals surface area contributed by atoms with E-state index in [1.54, 1.807) is 14.1 Å². The Labute approximate surface area is 131 Å². The molecule has 0 radical (unpaired) electrons. The normalized spacial score (nSPS) is 12.7. The number of hydrogen-bond donors (Lipinski definition) is 2. The van der Waals surface area contributed by atoms with E-state index in [0.717, 1.165) is 12.1 Å². The summed E-state index contributed by atoms with van der Waals surface area (Å²) >= 11 is 5.89. The monoisotopic (exact) mass is 310 g/mol. The number of rotatable bonds is 5. The first kappa shape index (κ1) is 17.3. The lowest BCUT2D eigenvalue weighted by molar-refractivity contribution is -0.127. The fourth-order valence-corrected chi connectivity index (χ4v) is 1.77. The number of hydrogen-bond acceptors (Lipinski definition) is 2. The van der Waals surface area contributed by atoms with Crippen molar-refractivity contribution in [3.05, 3.63) is 34.9 Å². The van der Waals surface area contributed by atoms with E-state index in [1.165, 1.54) is 4.90 Å². The molecule has 0 aliphatic carbocycles. The Kier molecular flexibility index (Phi) is 7.02. The first-order valence-electron chi connectivity index (χ1n) is 6.94. The molecule has 1 unspecified atom stereocenters. The number of nitrogens with zero attached hydrogens (tertiary/aromatic N) is 2. The van der Waals surface area contributed by atoms with Gasteiger partial charge in [-0.15, -0.1) is 0 Å². The van der Waals surface area contributed by atoms with E-state index >= 15 is 0 Å². The van der Waals surface area contributed by atoms with Crippen LogP contribution in [0.5, 0.6) is 0 Å². The van der Waals surface area contributed by atoms with Crippen LogP contribution in [0.2, 0.25) is 5.02 Å². The van der Waals surface area contributed by atoms with Gasteiger partial charge in [-0.25, -0.2) is 4.99 Å². The summed E-state index contributed by atoms with van der Waals surface area (Å²) in [4.78, 5) is 17.4. The van der Waals surface area contributed by atoms with Crippen molar-refractivity contribution in [2.75, 3.05) is 27.2 Å². The lowest BCUT2D eigenvalue weighted by Gasteiger charge is -2.18. The molecule has 0 saturated heterocycles. The molecule has 0 aromatic heterocycles. The highest BCUT2D eigenvalue weighted by Crippen LogP contribution is 2.15. The molecule has 116 valence electrons. The molecule has 0 saturated carbocycles. The molecule has 6 heteroatoms. The molecule has 21 heavy (non-hydrogen) atoms. The van der Waals surface area contributed by atoms with Crippen LogP contribution in [0.1, 0.15) is 25.5 Å². The molecular formula is C15H23ClN4O. The first-order chi connectivity index (χ1) is 9.93. The molecule has 0 aliphatic heterocycles. The van der Waals surface area contributed by atoms with Crippen LogP contribution in [-0.4, -0.2) is 44.0 Å². The fraction of sp³-hybridized carbons (Fsp3) is 0.467. The van der Waals surface area contributed by atoms with Gasteiger partial charge in [-0.05, 0) is 31.5 Å². The Balaban J connectivity index is 2.70.